The summed E-state index contributed by atoms with van der Waals surface area (Å²) < 4.78 is 38.0. The molecule has 0 atom stereocenters. The van der Waals surface area contributed by atoms with E-state index in [0.29, 0.717) is 6.29 Å². The first-order valence-corrected chi connectivity index (χ1v) is 4.65. The fourth-order valence-electron chi connectivity index (χ4n) is 1.18. The standard InChI is InChI=1S/C11H6F3N3O/c12-11(13,14)10-6-8(7-18)3-4-9(10)2-1-5-16-17-15/h3-4,6-7H,5H2. The first kappa shape index (κ1) is 13.6. The molecule has 18 heavy (non-hydrogen) atoms. The van der Waals surface area contributed by atoms with Crippen LogP contribution >= 0.6 is 0 Å². The third-order valence-electron chi connectivity index (χ3n) is 1.92. The van der Waals surface area contributed by atoms with Gasteiger partial charge in [-0.25, -0.2) is 0 Å². The molecule has 0 unspecified atom stereocenters. The zero-order valence-corrected chi connectivity index (χ0v) is 8.90. The van der Waals surface area contributed by atoms with Gasteiger partial charge in [-0.2, -0.15) is 13.2 Å². The van der Waals surface area contributed by atoms with Crippen molar-refractivity contribution in [3.63, 3.8) is 0 Å². The SMILES string of the molecule is [N-]=[N+]=NCC#Cc1ccc(C=O)cc1C(F)(F)F. The lowest BCUT2D eigenvalue weighted by molar-refractivity contribution is -0.137. The number of rotatable bonds is 2. The smallest absolute Gasteiger partial charge is 0.298 e. The summed E-state index contributed by atoms with van der Waals surface area (Å²) >= 11 is 0. The molecule has 0 aliphatic heterocycles. The molecule has 1 aromatic rings. The van der Waals surface area contributed by atoms with Crippen LogP contribution in [0.4, 0.5) is 13.2 Å². The molecule has 0 spiro atoms. The predicted molar refractivity (Wildman–Crippen MR) is 57.7 cm³/mol. The van der Waals surface area contributed by atoms with E-state index in [0.717, 1.165) is 12.1 Å². The van der Waals surface area contributed by atoms with Crippen molar-refractivity contribution in [3.05, 3.63) is 45.3 Å². The average molecular weight is 253 g/mol. The number of carbonyl (C=O) groups excluding carboxylic acids is 1. The molecule has 0 heterocycles. The minimum absolute atomic E-state index is 0.0806. The van der Waals surface area contributed by atoms with Crippen LogP contribution in [0.5, 0.6) is 0 Å². The molecule has 0 fully saturated rings. The predicted octanol–water partition coefficient (Wildman–Crippen LogP) is 3.18. The highest BCUT2D eigenvalue weighted by molar-refractivity contribution is 5.75. The van der Waals surface area contributed by atoms with Crippen molar-refractivity contribution in [2.45, 2.75) is 6.18 Å². The lowest BCUT2D eigenvalue weighted by Crippen LogP contribution is -2.08. The third-order valence-corrected chi connectivity index (χ3v) is 1.92. The van der Waals surface area contributed by atoms with Crippen LogP contribution in [-0.4, -0.2) is 12.8 Å². The molecule has 0 aliphatic carbocycles. The number of carbonyl (C=O) groups is 1. The molecular weight excluding hydrogens is 247 g/mol. The summed E-state index contributed by atoms with van der Waals surface area (Å²) in [5.41, 5.74) is 6.66. The molecule has 0 saturated heterocycles. The molecule has 0 bridgehead atoms. The van der Waals surface area contributed by atoms with Gasteiger partial charge in [0, 0.05) is 16.0 Å². The van der Waals surface area contributed by atoms with Crippen LogP contribution in [0.25, 0.3) is 10.4 Å². The first-order valence-electron chi connectivity index (χ1n) is 4.65. The molecule has 1 aromatic carbocycles. The van der Waals surface area contributed by atoms with Crippen LogP contribution in [0, 0.1) is 11.8 Å². The average Bonchev–Trinajstić information content (AvgIpc) is 2.33. The quantitative estimate of drug-likeness (QED) is 0.262. The lowest BCUT2D eigenvalue weighted by atomic mass is 10.0. The molecule has 1 rings (SSSR count). The number of aldehydes is 1. The van der Waals surface area contributed by atoms with Crippen molar-refractivity contribution in [3.8, 4) is 11.8 Å². The van der Waals surface area contributed by atoms with E-state index in [4.69, 9.17) is 5.53 Å². The van der Waals surface area contributed by atoms with Gasteiger partial charge >= 0.3 is 6.18 Å². The zero-order valence-electron chi connectivity index (χ0n) is 8.90. The molecule has 0 aromatic heterocycles. The van der Waals surface area contributed by atoms with Gasteiger partial charge < -0.3 is 0 Å². The molecule has 0 saturated carbocycles. The van der Waals surface area contributed by atoms with E-state index in [1.165, 1.54) is 6.07 Å². The minimum Gasteiger partial charge on any atom is -0.298 e. The summed E-state index contributed by atoms with van der Waals surface area (Å²) in [4.78, 5) is 12.9. The van der Waals surface area contributed by atoms with E-state index in [9.17, 15) is 18.0 Å². The van der Waals surface area contributed by atoms with Gasteiger partial charge in [-0.15, -0.1) is 0 Å². The Bertz CT molecular complexity index is 563. The van der Waals surface area contributed by atoms with Gasteiger partial charge in [0.2, 0.25) is 0 Å². The highest BCUT2D eigenvalue weighted by Gasteiger charge is 2.33. The molecule has 0 radical (unpaired) electrons. The van der Waals surface area contributed by atoms with Gasteiger partial charge in [0.15, 0.2) is 0 Å². The van der Waals surface area contributed by atoms with Gasteiger partial charge in [0.25, 0.3) is 0 Å². The molecule has 0 aliphatic rings. The van der Waals surface area contributed by atoms with Crippen molar-refractivity contribution >= 4 is 6.29 Å². The maximum absolute atomic E-state index is 12.7. The number of nitrogens with zero attached hydrogens (tertiary/aromatic N) is 3. The number of halogens is 3. The summed E-state index contributed by atoms with van der Waals surface area (Å²) in [5, 5.41) is 3.08. The van der Waals surface area contributed by atoms with Crippen molar-refractivity contribution in [1.82, 2.24) is 0 Å². The summed E-state index contributed by atoms with van der Waals surface area (Å²) in [6.07, 6.45) is -4.27. The van der Waals surface area contributed by atoms with Crippen molar-refractivity contribution in [2.24, 2.45) is 5.11 Å². The highest BCUT2D eigenvalue weighted by atomic mass is 19.4. The Hall–Kier alpha value is -2.45. The van der Waals surface area contributed by atoms with E-state index in [2.05, 4.69) is 21.9 Å². The van der Waals surface area contributed by atoms with Crippen LogP contribution in [0.15, 0.2) is 23.3 Å². The van der Waals surface area contributed by atoms with Gasteiger partial charge in [0.1, 0.15) is 6.29 Å². The Labute approximate surface area is 100 Å². The highest BCUT2D eigenvalue weighted by Crippen LogP contribution is 2.32. The first-order chi connectivity index (χ1) is 8.49. The van der Waals surface area contributed by atoms with E-state index in [1.54, 1.807) is 0 Å². The topological polar surface area (TPSA) is 65.8 Å². The van der Waals surface area contributed by atoms with Gasteiger partial charge in [-0.3, -0.25) is 4.79 Å². The minimum atomic E-state index is -4.60. The monoisotopic (exact) mass is 253 g/mol. The lowest BCUT2D eigenvalue weighted by Gasteiger charge is -2.09. The van der Waals surface area contributed by atoms with Crippen LogP contribution in [0.1, 0.15) is 21.5 Å². The molecule has 0 amide bonds. The molecule has 0 N–H and O–H groups in total. The maximum atomic E-state index is 12.7. The van der Waals surface area contributed by atoms with Crippen LogP contribution in [-0.2, 0) is 6.18 Å². The second-order valence-corrected chi connectivity index (χ2v) is 3.11. The number of hydrogen-bond donors (Lipinski definition) is 0. The largest absolute Gasteiger partial charge is 0.417 e. The van der Waals surface area contributed by atoms with Crippen LogP contribution in [0.2, 0.25) is 0 Å². The molecular formula is C11H6F3N3O. The normalized spacial score (nSPS) is 9.94. The summed E-state index contributed by atoms with van der Waals surface area (Å²) in [6.45, 7) is -0.219. The van der Waals surface area contributed by atoms with E-state index >= 15 is 0 Å². The molecule has 4 nitrogen and oxygen atoms in total. The second-order valence-electron chi connectivity index (χ2n) is 3.11. The van der Waals surface area contributed by atoms with Gasteiger partial charge in [-0.05, 0) is 17.7 Å². The fourth-order valence-corrected chi connectivity index (χ4v) is 1.18. The van der Waals surface area contributed by atoms with Crippen LogP contribution < -0.4 is 0 Å². The number of azide groups is 1. The Morgan fingerprint density at radius 2 is 2.17 bits per heavy atom. The molecule has 92 valence electrons. The van der Waals surface area contributed by atoms with E-state index in [1.807, 2.05) is 0 Å². The third kappa shape index (κ3) is 3.54. The Balaban J connectivity index is 3.21. The summed E-state index contributed by atoms with van der Waals surface area (Å²) in [5.74, 6) is 4.55. The summed E-state index contributed by atoms with van der Waals surface area (Å²) in [6, 6.07) is 3.07. The zero-order chi connectivity index (χ0) is 13.6. The van der Waals surface area contributed by atoms with Gasteiger partial charge in [-0.1, -0.05) is 23.0 Å². The van der Waals surface area contributed by atoms with Crippen molar-refractivity contribution in [1.29, 1.82) is 0 Å². The van der Waals surface area contributed by atoms with Crippen molar-refractivity contribution < 1.29 is 18.0 Å². The Kier molecular flexibility index (Phi) is 4.35. The molecule has 7 heteroatoms. The number of hydrogen-bond acceptors (Lipinski definition) is 2. The Morgan fingerprint density at radius 1 is 1.44 bits per heavy atom. The van der Waals surface area contributed by atoms with Crippen LogP contribution in [0.3, 0.4) is 0 Å². The Morgan fingerprint density at radius 3 is 2.72 bits per heavy atom. The van der Waals surface area contributed by atoms with E-state index < -0.39 is 11.7 Å². The number of benzene rings is 1. The summed E-state index contributed by atoms with van der Waals surface area (Å²) in [7, 11) is 0. The van der Waals surface area contributed by atoms with Crippen molar-refractivity contribution in [2.75, 3.05) is 6.54 Å². The van der Waals surface area contributed by atoms with Gasteiger partial charge in [0.05, 0.1) is 12.1 Å². The maximum Gasteiger partial charge on any atom is 0.417 e. The van der Waals surface area contributed by atoms with E-state index in [-0.39, 0.29) is 17.7 Å². The fraction of sp³-hybridized carbons (Fsp3) is 0.182. The number of alkyl halides is 3. The second kappa shape index (κ2) is 5.75.